The van der Waals surface area contributed by atoms with Crippen LogP contribution in [0.1, 0.15) is 30.1 Å². The molecule has 5 nitrogen and oxygen atoms in total. The average molecular weight is 271 g/mol. The second-order valence-corrected chi connectivity index (χ2v) is 4.92. The number of hydrogen-bond donors (Lipinski definition) is 2. The molecule has 0 saturated heterocycles. The molecule has 0 radical (unpaired) electrons. The normalized spacial score (nSPS) is 17.3. The Labute approximate surface area is 117 Å². The van der Waals surface area contributed by atoms with Gasteiger partial charge in [-0.05, 0) is 37.0 Å². The zero-order chi connectivity index (χ0) is 13.8. The van der Waals surface area contributed by atoms with E-state index in [2.05, 4.69) is 15.5 Å². The summed E-state index contributed by atoms with van der Waals surface area (Å²) in [4.78, 5) is 11.9. The summed E-state index contributed by atoms with van der Waals surface area (Å²) in [6, 6.07) is 9.36. The standard InChI is InChI=1S/C15H17N3O2/c19-14(10-20-12-6-2-1-3-7-12)17-13-8-4-5-11-9-16-18-15(11)13/h1-3,6-7,9,13H,4-5,8,10H2,(H,16,18)(H,17,19). The number of aromatic nitrogens is 2. The largest absolute Gasteiger partial charge is 0.484 e. The maximum atomic E-state index is 11.9. The number of aryl methyl sites for hydroxylation is 1. The van der Waals surface area contributed by atoms with E-state index in [1.165, 1.54) is 5.56 Å². The Morgan fingerprint density at radius 2 is 2.25 bits per heavy atom. The SMILES string of the molecule is O=C(COc1ccccc1)NC1CCCc2cn[nH]c21. The van der Waals surface area contributed by atoms with Crippen molar-refractivity contribution in [1.29, 1.82) is 0 Å². The van der Waals surface area contributed by atoms with E-state index in [-0.39, 0.29) is 18.6 Å². The van der Waals surface area contributed by atoms with E-state index in [0.29, 0.717) is 5.75 Å². The number of rotatable bonds is 4. The van der Waals surface area contributed by atoms with Crippen molar-refractivity contribution in [2.75, 3.05) is 6.61 Å². The number of ether oxygens (including phenoxy) is 1. The Morgan fingerprint density at radius 1 is 1.40 bits per heavy atom. The van der Waals surface area contributed by atoms with E-state index in [1.54, 1.807) is 0 Å². The van der Waals surface area contributed by atoms with E-state index in [1.807, 2.05) is 36.5 Å². The highest BCUT2D eigenvalue weighted by atomic mass is 16.5. The minimum atomic E-state index is -0.110. The first kappa shape index (κ1) is 12.7. The summed E-state index contributed by atoms with van der Waals surface area (Å²) >= 11 is 0. The van der Waals surface area contributed by atoms with Crippen LogP contribution < -0.4 is 10.1 Å². The zero-order valence-electron chi connectivity index (χ0n) is 11.1. The van der Waals surface area contributed by atoms with Gasteiger partial charge in [-0.2, -0.15) is 5.10 Å². The predicted octanol–water partition coefficient (Wildman–Crippen LogP) is 1.98. The molecular formula is C15H17N3O2. The lowest BCUT2D eigenvalue weighted by molar-refractivity contribution is -0.124. The first-order valence-corrected chi connectivity index (χ1v) is 6.82. The Balaban J connectivity index is 1.55. The van der Waals surface area contributed by atoms with Crippen molar-refractivity contribution in [2.45, 2.75) is 25.3 Å². The highest BCUT2D eigenvalue weighted by Crippen LogP contribution is 2.27. The minimum Gasteiger partial charge on any atom is -0.484 e. The molecule has 0 fully saturated rings. The third kappa shape index (κ3) is 2.82. The van der Waals surface area contributed by atoms with Gasteiger partial charge in [0, 0.05) is 0 Å². The molecule has 0 saturated carbocycles. The van der Waals surface area contributed by atoms with Crippen LogP contribution in [0.3, 0.4) is 0 Å². The Hall–Kier alpha value is -2.30. The summed E-state index contributed by atoms with van der Waals surface area (Å²) in [6.45, 7) is 0.0317. The molecule has 0 aliphatic heterocycles. The van der Waals surface area contributed by atoms with E-state index in [9.17, 15) is 4.79 Å². The third-order valence-corrected chi connectivity index (χ3v) is 3.49. The van der Waals surface area contributed by atoms with Crippen molar-refractivity contribution in [1.82, 2.24) is 15.5 Å². The molecule has 1 amide bonds. The molecule has 3 rings (SSSR count). The molecule has 2 aromatic rings. The lowest BCUT2D eigenvalue weighted by Gasteiger charge is -2.22. The van der Waals surface area contributed by atoms with Crippen molar-refractivity contribution in [3.8, 4) is 5.75 Å². The van der Waals surface area contributed by atoms with E-state index < -0.39 is 0 Å². The van der Waals surface area contributed by atoms with Crippen LogP contribution in [-0.4, -0.2) is 22.7 Å². The molecule has 0 spiro atoms. The second kappa shape index (κ2) is 5.77. The van der Waals surface area contributed by atoms with Gasteiger partial charge in [-0.15, -0.1) is 0 Å². The number of benzene rings is 1. The van der Waals surface area contributed by atoms with E-state index in [4.69, 9.17) is 4.74 Å². The summed E-state index contributed by atoms with van der Waals surface area (Å²) in [5, 5.41) is 10.0. The molecule has 1 aromatic carbocycles. The topological polar surface area (TPSA) is 67.0 Å². The van der Waals surface area contributed by atoms with Crippen LogP contribution in [-0.2, 0) is 11.2 Å². The summed E-state index contributed by atoms with van der Waals surface area (Å²) in [6.07, 6.45) is 4.87. The lowest BCUT2D eigenvalue weighted by atomic mass is 9.94. The number of carbonyl (C=O) groups excluding carboxylic acids is 1. The van der Waals surface area contributed by atoms with Crippen LogP contribution in [0.2, 0.25) is 0 Å². The number of para-hydroxylation sites is 1. The molecule has 1 aromatic heterocycles. The van der Waals surface area contributed by atoms with Crippen LogP contribution in [0.4, 0.5) is 0 Å². The van der Waals surface area contributed by atoms with Crippen LogP contribution in [0.5, 0.6) is 5.75 Å². The van der Waals surface area contributed by atoms with Crippen LogP contribution in [0.25, 0.3) is 0 Å². The van der Waals surface area contributed by atoms with E-state index >= 15 is 0 Å². The molecule has 104 valence electrons. The number of amides is 1. The fourth-order valence-electron chi connectivity index (χ4n) is 2.51. The van der Waals surface area contributed by atoms with Crippen molar-refractivity contribution in [2.24, 2.45) is 0 Å². The van der Waals surface area contributed by atoms with Crippen LogP contribution in [0.15, 0.2) is 36.5 Å². The number of carbonyl (C=O) groups is 1. The summed E-state index contributed by atoms with van der Waals surface area (Å²) in [7, 11) is 0. The number of nitrogens with one attached hydrogen (secondary N) is 2. The first-order valence-electron chi connectivity index (χ1n) is 6.82. The summed E-state index contributed by atoms with van der Waals surface area (Å²) in [5.41, 5.74) is 2.23. The molecule has 1 aliphatic carbocycles. The molecule has 5 heteroatoms. The van der Waals surface area contributed by atoms with Gasteiger partial charge in [0.25, 0.3) is 5.91 Å². The Kier molecular flexibility index (Phi) is 3.67. The van der Waals surface area contributed by atoms with Gasteiger partial charge in [0.05, 0.1) is 17.9 Å². The fraction of sp³-hybridized carbons (Fsp3) is 0.333. The molecule has 1 unspecified atom stereocenters. The Bertz CT molecular complexity index is 580. The van der Waals surface area contributed by atoms with Crippen molar-refractivity contribution in [3.05, 3.63) is 47.8 Å². The monoisotopic (exact) mass is 271 g/mol. The molecular weight excluding hydrogens is 254 g/mol. The number of hydrogen-bond acceptors (Lipinski definition) is 3. The summed E-state index contributed by atoms with van der Waals surface area (Å²) < 4.78 is 5.44. The molecule has 1 aliphatic rings. The quantitative estimate of drug-likeness (QED) is 0.893. The maximum absolute atomic E-state index is 11.9. The zero-order valence-corrected chi connectivity index (χ0v) is 11.1. The highest BCUT2D eigenvalue weighted by Gasteiger charge is 2.23. The minimum absolute atomic E-state index is 0.0214. The Morgan fingerprint density at radius 3 is 3.10 bits per heavy atom. The van der Waals surface area contributed by atoms with Gasteiger partial charge in [-0.3, -0.25) is 9.89 Å². The van der Waals surface area contributed by atoms with Gasteiger partial charge < -0.3 is 10.1 Å². The van der Waals surface area contributed by atoms with Gasteiger partial charge >= 0.3 is 0 Å². The third-order valence-electron chi connectivity index (χ3n) is 3.49. The average Bonchev–Trinajstić information content (AvgIpc) is 2.96. The van der Waals surface area contributed by atoms with Crippen molar-refractivity contribution in [3.63, 3.8) is 0 Å². The first-order chi connectivity index (χ1) is 9.83. The van der Waals surface area contributed by atoms with Crippen molar-refractivity contribution < 1.29 is 9.53 Å². The molecule has 0 bridgehead atoms. The molecule has 20 heavy (non-hydrogen) atoms. The summed E-state index contributed by atoms with van der Waals surface area (Å²) in [5.74, 6) is 0.592. The second-order valence-electron chi connectivity index (χ2n) is 4.92. The van der Waals surface area contributed by atoms with Gasteiger partial charge in [-0.1, -0.05) is 18.2 Å². The van der Waals surface area contributed by atoms with Crippen LogP contribution >= 0.6 is 0 Å². The van der Waals surface area contributed by atoms with Crippen LogP contribution in [0, 0.1) is 0 Å². The number of fused-ring (bicyclic) bond motifs is 1. The van der Waals surface area contributed by atoms with Gasteiger partial charge in [0.1, 0.15) is 5.75 Å². The lowest BCUT2D eigenvalue weighted by Crippen LogP contribution is -2.34. The number of nitrogens with zero attached hydrogens (tertiary/aromatic N) is 1. The van der Waals surface area contributed by atoms with Gasteiger partial charge in [0.2, 0.25) is 0 Å². The van der Waals surface area contributed by atoms with Gasteiger partial charge in [0.15, 0.2) is 6.61 Å². The highest BCUT2D eigenvalue weighted by molar-refractivity contribution is 5.78. The van der Waals surface area contributed by atoms with Crippen molar-refractivity contribution >= 4 is 5.91 Å². The molecule has 1 heterocycles. The predicted molar refractivity (Wildman–Crippen MR) is 74.3 cm³/mol. The molecule has 1 atom stereocenters. The maximum Gasteiger partial charge on any atom is 0.258 e. The molecule has 2 N–H and O–H groups in total. The van der Waals surface area contributed by atoms with Gasteiger partial charge in [-0.25, -0.2) is 0 Å². The number of aromatic amines is 1. The fourth-order valence-corrected chi connectivity index (χ4v) is 2.51. The smallest absolute Gasteiger partial charge is 0.258 e. The van der Waals surface area contributed by atoms with E-state index in [0.717, 1.165) is 25.0 Å². The number of H-pyrrole nitrogens is 1.